The number of hydrogen-bond donors (Lipinski definition) is 0. The lowest BCUT2D eigenvalue weighted by molar-refractivity contribution is -1.06. The third kappa shape index (κ3) is 35.4. The molecular formula is C106H88N3+3. The monoisotopic (exact) mass is 1400 g/mol. The molecule has 4 rings (SSSR count). The van der Waals surface area contributed by atoms with E-state index in [9.17, 15) is 0 Å². The summed E-state index contributed by atoms with van der Waals surface area (Å²) in [7, 11) is 13.9. The molecule has 2 bridgehead atoms. The molecule has 1 unspecified atom stereocenters. The van der Waals surface area contributed by atoms with Gasteiger partial charge in [0.15, 0.2) is 0 Å². The summed E-state index contributed by atoms with van der Waals surface area (Å²) in [5.41, 5.74) is 3.34. The number of likely N-dealkylation sites (tertiary alicyclic amines) is 1. The highest BCUT2D eigenvalue weighted by Gasteiger charge is 2.86. The van der Waals surface area contributed by atoms with Gasteiger partial charge in [0.05, 0.1) is 65.2 Å². The number of quaternary nitrogens is 3. The van der Waals surface area contributed by atoms with Crippen LogP contribution in [0.25, 0.3) is 0 Å². The largest absolute Gasteiger partial charge is 0.327 e. The summed E-state index contributed by atoms with van der Waals surface area (Å²) < 4.78 is 3.40. The first-order valence-corrected chi connectivity index (χ1v) is 34.1. The summed E-state index contributed by atoms with van der Waals surface area (Å²) in [6.07, 6.45) is 2.68. The summed E-state index contributed by atoms with van der Waals surface area (Å²) >= 11 is 0. The number of fused-ring (bicyclic) bond motifs is 1. The molecule has 4 saturated heterocycles. The molecule has 4 aliphatic rings. The molecule has 4 aliphatic heterocycles. The minimum Gasteiger partial charge on any atom is -0.327 e. The Morgan fingerprint density at radius 1 is 0.229 bits per heavy atom. The van der Waals surface area contributed by atoms with Crippen molar-refractivity contribution in [2.24, 2.45) is 28.6 Å². The van der Waals surface area contributed by atoms with Gasteiger partial charge in [0.2, 0.25) is 0 Å². The smallest absolute Gasteiger partial charge is 0.104 e. The van der Waals surface area contributed by atoms with Crippen LogP contribution in [0.4, 0.5) is 0 Å². The Labute approximate surface area is 662 Å². The molecule has 0 aromatic carbocycles. The molecule has 0 radical (unpaired) electrons. The summed E-state index contributed by atoms with van der Waals surface area (Å²) in [6, 6.07) is 0. The van der Waals surface area contributed by atoms with E-state index < -0.39 is 0 Å². The van der Waals surface area contributed by atoms with Crippen molar-refractivity contribution in [3.8, 4) is 391 Å². The Morgan fingerprint density at radius 3 is 0.468 bits per heavy atom. The van der Waals surface area contributed by atoms with E-state index >= 15 is 0 Å². The van der Waals surface area contributed by atoms with E-state index in [1.165, 1.54) is 17.3 Å². The van der Waals surface area contributed by atoms with Crippen molar-refractivity contribution in [3.63, 3.8) is 0 Å². The fraction of sp³-hybridized carbons (Fsp3) is 0.377. The van der Waals surface area contributed by atoms with Crippen LogP contribution >= 0.6 is 0 Å². The van der Waals surface area contributed by atoms with Crippen LogP contribution in [-0.2, 0) is 0 Å². The van der Waals surface area contributed by atoms with Gasteiger partial charge in [0.25, 0.3) is 0 Å². The second-order valence-electron chi connectivity index (χ2n) is 30.6. The molecule has 0 spiro atoms. The fourth-order valence-corrected chi connectivity index (χ4v) is 11.8. The summed E-state index contributed by atoms with van der Waals surface area (Å²) in [5.74, 6) is 168. The first-order valence-electron chi connectivity index (χ1n) is 34.1. The van der Waals surface area contributed by atoms with Gasteiger partial charge < -0.3 is 13.4 Å². The van der Waals surface area contributed by atoms with Gasteiger partial charge in [-0.2, -0.15) is 0 Å². The van der Waals surface area contributed by atoms with Crippen LogP contribution < -0.4 is 0 Å². The van der Waals surface area contributed by atoms with E-state index in [2.05, 4.69) is 565 Å². The SMILES string of the molecule is CC#CC#CC#CC#CC#CC#CC#CC#CC#CC#CC#CC#CC#CC#CC#CC#CC#CC#CC#CC#CC#CC#CC#CC#CC#CC#CC#CC#CC#CC#CC#CC#CC#CC.CC(C)(C)CC1C(C)(C)[N+](C)(C)C1(C)C.CC(C)(C)CC1C2C(C)(C)[N+](C)(C1(C)C)C2(C)C.CC(C)(C)[N+](C)(C)C. The van der Waals surface area contributed by atoms with E-state index in [0.29, 0.717) is 44.1 Å². The maximum atomic E-state index is 2.63. The molecule has 3 nitrogen and oxygen atoms in total. The van der Waals surface area contributed by atoms with E-state index in [1.54, 1.807) is 13.8 Å². The predicted molar refractivity (Wildman–Crippen MR) is 453 cm³/mol. The Bertz CT molecular complexity index is 5540. The molecule has 524 valence electrons. The molecule has 3 heteroatoms. The lowest BCUT2D eigenvalue weighted by Crippen LogP contribution is -2.84. The van der Waals surface area contributed by atoms with Crippen molar-refractivity contribution in [1.82, 2.24) is 0 Å². The lowest BCUT2D eigenvalue weighted by atomic mass is 9.56. The van der Waals surface area contributed by atoms with Gasteiger partial charge in [0.1, 0.15) is 22.2 Å². The quantitative estimate of drug-likeness (QED) is 0.191. The molecule has 0 N–H and O–H groups in total. The molecule has 0 aliphatic carbocycles. The highest BCUT2D eigenvalue weighted by molar-refractivity contribution is 5.53. The second kappa shape index (κ2) is 48.3. The van der Waals surface area contributed by atoms with Gasteiger partial charge in [-0.3, -0.25) is 0 Å². The van der Waals surface area contributed by atoms with Gasteiger partial charge in [-0.15, -0.1) is 0 Å². The minimum absolute atomic E-state index is 0.375. The average molecular weight is 1400 g/mol. The molecule has 0 aromatic rings. The Hall–Kier alpha value is -14.6. The minimum atomic E-state index is 0.375. The summed E-state index contributed by atoms with van der Waals surface area (Å²) in [6.45, 7) is 49.1. The number of rotatable bonds is 2. The normalized spacial score (nSPS) is 14.7. The molecular weight excluding hydrogens is 1320 g/mol. The Morgan fingerprint density at radius 2 is 0.367 bits per heavy atom. The fourth-order valence-electron chi connectivity index (χ4n) is 11.8. The zero-order chi connectivity index (χ0) is 82.3. The second-order valence-corrected chi connectivity index (χ2v) is 30.6. The first kappa shape index (κ1) is 94.4. The van der Waals surface area contributed by atoms with Gasteiger partial charge in [-0.1, -0.05) is 53.4 Å². The van der Waals surface area contributed by atoms with Gasteiger partial charge >= 0.3 is 0 Å². The highest BCUT2D eigenvalue weighted by Crippen LogP contribution is 2.73. The Kier molecular flexibility index (Phi) is 41.8. The van der Waals surface area contributed by atoms with Gasteiger partial charge in [-0.25, -0.2) is 0 Å². The highest BCUT2D eigenvalue weighted by atomic mass is 15.6. The third-order valence-corrected chi connectivity index (χ3v) is 18.7. The zero-order valence-electron chi connectivity index (χ0n) is 68.5. The van der Waals surface area contributed by atoms with Crippen LogP contribution in [0.15, 0.2) is 0 Å². The molecule has 0 saturated carbocycles. The molecule has 0 aromatic heterocycles. The first-order chi connectivity index (χ1) is 51.2. The van der Waals surface area contributed by atoms with Crippen LogP contribution in [0.5, 0.6) is 0 Å². The van der Waals surface area contributed by atoms with Crippen LogP contribution in [0.2, 0.25) is 0 Å². The van der Waals surface area contributed by atoms with Gasteiger partial charge in [-0.05, 0) is 222 Å². The van der Waals surface area contributed by atoms with Crippen LogP contribution in [0.1, 0.15) is 158 Å². The standard InChI is InChI=1S/C68H6.C17H34N.C14H30N.C7H18N/c1-3-5-7-9-11-13-15-17-19-21-23-25-27-29-31-33-35-37-39-41-43-45-47-49-51-53-55-57-59-61-63-65-67-68-66-64-62-60-58-56-54-52-50-48-46-44-42-40-38-36-34-32-30-28-26-24-22-20-18-16-14-12-10-8-6-4-2;1-14(2,3)11-12-13-16(6,7)18(10,15(12,4)5)17(13,8)9;1-12(2,3)10-11-13(4,5)15(8,9)14(11,6)7;1-7(2,3)8(4,5)6/h1-2H3;12-13H,11H2,1-10H3;11H,10H2,1-9H3;1-6H3/q;3*+1. The van der Waals surface area contributed by atoms with Crippen molar-refractivity contribution >= 4 is 0 Å². The van der Waals surface area contributed by atoms with E-state index in [0.717, 1.165) is 26.7 Å². The van der Waals surface area contributed by atoms with Crippen molar-refractivity contribution in [2.45, 2.75) is 191 Å². The zero-order valence-corrected chi connectivity index (χ0v) is 68.5. The van der Waals surface area contributed by atoms with Crippen molar-refractivity contribution in [1.29, 1.82) is 0 Å². The van der Waals surface area contributed by atoms with E-state index in [4.69, 9.17) is 0 Å². The van der Waals surface area contributed by atoms with E-state index in [1.807, 2.05) is 0 Å². The number of hydrogen-bond acceptors (Lipinski definition) is 0. The maximum absolute atomic E-state index is 2.63. The molecule has 109 heavy (non-hydrogen) atoms. The Balaban J connectivity index is 0.00000224. The van der Waals surface area contributed by atoms with Crippen molar-refractivity contribution in [3.05, 3.63) is 0 Å². The molecule has 0 amide bonds. The maximum Gasteiger partial charge on any atom is 0.104 e. The van der Waals surface area contributed by atoms with Crippen LogP contribution in [0.3, 0.4) is 0 Å². The number of nitrogens with zero attached hydrogens (tertiary/aromatic N) is 3. The molecule has 4 fully saturated rings. The third-order valence-electron chi connectivity index (χ3n) is 18.7. The van der Waals surface area contributed by atoms with Gasteiger partial charge in [0, 0.05) is 290 Å². The van der Waals surface area contributed by atoms with Crippen molar-refractivity contribution < 1.29 is 13.4 Å². The van der Waals surface area contributed by atoms with Crippen LogP contribution in [-0.4, -0.2) is 89.0 Å². The topological polar surface area (TPSA) is 0 Å². The molecule has 4 heterocycles. The summed E-state index contributed by atoms with van der Waals surface area (Å²) in [4.78, 5) is 0. The summed E-state index contributed by atoms with van der Waals surface area (Å²) in [5, 5.41) is 0. The van der Waals surface area contributed by atoms with E-state index in [-0.39, 0.29) is 0 Å². The lowest BCUT2D eigenvalue weighted by Gasteiger charge is -2.71. The van der Waals surface area contributed by atoms with Crippen LogP contribution in [0, 0.1) is 419 Å². The predicted octanol–water partition coefficient (Wildman–Crippen LogP) is 10.8. The van der Waals surface area contributed by atoms with Crippen molar-refractivity contribution in [2.75, 3.05) is 42.3 Å². The average Bonchev–Trinajstić information content (AvgIpc) is 1.46. The molecule has 1 atom stereocenters.